The Morgan fingerprint density at radius 2 is 2.42 bits per heavy atom. The van der Waals surface area contributed by atoms with Crippen molar-refractivity contribution >= 4 is 15.9 Å². The lowest BCUT2D eigenvalue weighted by Crippen LogP contribution is -2.28. The summed E-state index contributed by atoms with van der Waals surface area (Å²) in [5, 5.41) is 3.13. The summed E-state index contributed by atoms with van der Waals surface area (Å²) in [6.07, 6.45) is 8.70. The van der Waals surface area contributed by atoms with Gasteiger partial charge in [0.15, 0.2) is 0 Å². The molecule has 1 fully saturated rings. The van der Waals surface area contributed by atoms with E-state index in [2.05, 4.69) is 21.2 Å². The van der Waals surface area contributed by atoms with Crippen molar-refractivity contribution in [3.63, 3.8) is 0 Å². The van der Waals surface area contributed by atoms with E-state index >= 15 is 0 Å². The largest absolute Gasteiger partial charge is 0.362 e. The third-order valence-corrected chi connectivity index (χ3v) is 2.52. The second-order valence-electron chi connectivity index (χ2n) is 3.25. The van der Waals surface area contributed by atoms with Gasteiger partial charge in [-0.1, -0.05) is 0 Å². The molecule has 2 rings (SSSR count). The molecule has 2 nitrogen and oxygen atoms in total. The summed E-state index contributed by atoms with van der Waals surface area (Å²) in [5.74, 6) is 0.828. The zero-order valence-electron chi connectivity index (χ0n) is 6.79. The minimum absolute atomic E-state index is 0.0758. The molecule has 1 atom stereocenters. The molecule has 2 aliphatic rings. The molecule has 3 heteroatoms. The van der Waals surface area contributed by atoms with E-state index in [0.717, 1.165) is 17.0 Å². The van der Waals surface area contributed by atoms with E-state index in [9.17, 15) is 0 Å². The number of halogens is 1. The third kappa shape index (κ3) is 2.35. The fraction of sp³-hybridized carbons (Fsp3) is 0.556. The van der Waals surface area contributed by atoms with Crippen molar-refractivity contribution in [2.45, 2.75) is 19.1 Å². The lowest BCUT2D eigenvalue weighted by atomic mass is 10.3. The van der Waals surface area contributed by atoms with Gasteiger partial charge in [-0.15, -0.1) is 0 Å². The molecule has 1 heterocycles. The predicted molar refractivity (Wildman–Crippen MR) is 51.7 cm³/mol. The minimum Gasteiger partial charge on any atom is -0.362 e. The number of ether oxygens (including phenoxy) is 1. The van der Waals surface area contributed by atoms with Crippen LogP contribution < -0.4 is 5.32 Å². The van der Waals surface area contributed by atoms with Crippen LogP contribution in [0.15, 0.2) is 22.8 Å². The summed E-state index contributed by atoms with van der Waals surface area (Å²) < 4.78 is 6.66. The lowest BCUT2D eigenvalue weighted by molar-refractivity contribution is 0.0631. The first kappa shape index (κ1) is 8.32. The molecular weight excluding hydrogens is 218 g/mol. The third-order valence-electron chi connectivity index (χ3n) is 2.02. The molecule has 1 aliphatic carbocycles. The van der Waals surface area contributed by atoms with Crippen molar-refractivity contribution in [3.8, 4) is 0 Å². The number of rotatable bonds is 3. The Labute approximate surface area is 80.8 Å². The van der Waals surface area contributed by atoms with Gasteiger partial charge in [0.2, 0.25) is 0 Å². The van der Waals surface area contributed by atoms with Crippen molar-refractivity contribution in [1.82, 2.24) is 5.32 Å². The summed E-state index contributed by atoms with van der Waals surface area (Å²) in [6, 6.07) is 0. The Morgan fingerprint density at radius 3 is 3.00 bits per heavy atom. The Balaban J connectivity index is 1.72. The molecule has 1 saturated carbocycles. The van der Waals surface area contributed by atoms with E-state index in [4.69, 9.17) is 4.74 Å². The van der Waals surface area contributed by atoms with Crippen LogP contribution in [0.3, 0.4) is 0 Å². The van der Waals surface area contributed by atoms with Crippen molar-refractivity contribution < 1.29 is 4.74 Å². The summed E-state index contributed by atoms with van der Waals surface area (Å²) >= 11 is 3.36. The molecule has 0 spiro atoms. The van der Waals surface area contributed by atoms with Crippen LogP contribution in [0.25, 0.3) is 0 Å². The molecule has 0 aromatic carbocycles. The number of hydrogen-bond donors (Lipinski definition) is 1. The average molecular weight is 230 g/mol. The van der Waals surface area contributed by atoms with Gasteiger partial charge in [0, 0.05) is 10.7 Å². The molecule has 0 amide bonds. The summed E-state index contributed by atoms with van der Waals surface area (Å²) in [7, 11) is 0. The molecule has 0 radical (unpaired) electrons. The van der Waals surface area contributed by atoms with E-state index in [0.29, 0.717) is 0 Å². The molecule has 1 unspecified atom stereocenters. The van der Waals surface area contributed by atoms with Crippen LogP contribution >= 0.6 is 15.9 Å². The lowest BCUT2D eigenvalue weighted by Gasteiger charge is -2.17. The van der Waals surface area contributed by atoms with Crippen molar-refractivity contribution in [2.75, 3.05) is 6.61 Å². The van der Waals surface area contributed by atoms with Crippen molar-refractivity contribution in [3.05, 3.63) is 22.8 Å². The highest BCUT2D eigenvalue weighted by atomic mass is 79.9. The van der Waals surface area contributed by atoms with Gasteiger partial charge >= 0.3 is 0 Å². The predicted octanol–water partition coefficient (Wildman–Crippen LogP) is 2.13. The molecule has 0 saturated heterocycles. The topological polar surface area (TPSA) is 21.3 Å². The summed E-state index contributed by atoms with van der Waals surface area (Å²) in [6.45, 7) is 0.896. The highest BCUT2D eigenvalue weighted by Crippen LogP contribution is 2.29. The van der Waals surface area contributed by atoms with Crippen LogP contribution in [0.2, 0.25) is 0 Å². The number of allylic oxidation sites excluding steroid dienone is 2. The molecule has 1 N–H and O–H groups in total. The van der Waals surface area contributed by atoms with Gasteiger partial charge < -0.3 is 10.1 Å². The van der Waals surface area contributed by atoms with Crippen LogP contribution in [0.5, 0.6) is 0 Å². The Bertz CT molecular complexity index is 221. The minimum atomic E-state index is 0.0758. The monoisotopic (exact) mass is 229 g/mol. The highest BCUT2D eigenvalue weighted by molar-refractivity contribution is 9.11. The van der Waals surface area contributed by atoms with Crippen molar-refractivity contribution in [1.29, 1.82) is 0 Å². The Kier molecular flexibility index (Phi) is 2.51. The smallest absolute Gasteiger partial charge is 0.146 e. The van der Waals surface area contributed by atoms with E-state index in [-0.39, 0.29) is 6.23 Å². The SMILES string of the molecule is BrC1=CNC(OCC2CC2)C=C1. The maximum Gasteiger partial charge on any atom is 0.146 e. The molecule has 66 valence electrons. The van der Waals surface area contributed by atoms with Gasteiger partial charge in [0.1, 0.15) is 6.23 Å². The maximum absolute atomic E-state index is 5.59. The molecule has 1 aliphatic heterocycles. The Morgan fingerprint density at radius 1 is 1.58 bits per heavy atom. The second kappa shape index (κ2) is 3.62. The average Bonchev–Trinajstić information content (AvgIpc) is 2.87. The molecule has 12 heavy (non-hydrogen) atoms. The van der Waals surface area contributed by atoms with E-state index in [1.165, 1.54) is 12.8 Å². The Hall–Kier alpha value is -0.280. The van der Waals surface area contributed by atoms with E-state index in [1.807, 2.05) is 18.4 Å². The fourth-order valence-electron chi connectivity index (χ4n) is 1.07. The van der Waals surface area contributed by atoms with E-state index in [1.54, 1.807) is 0 Å². The first-order valence-corrected chi connectivity index (χ1v) is 5.05. The first-order valence-electron chi connectivity index (χ1n) is 4.26. The number of nitrogens with one attached hydrogen (secondary N) is 1. The van der Waals surface area contributed by atoms with Crippen LogP contribution in [-0.4, -0.2) is 12.8 Å². The van der Waals surface area contributed by atoms with Gasteiger partial charge in [-0.05, 0) is 46.8 Å². The van der Waals surface area contributed by atoms with Crippen molar-refractivity contribution in [2.24, 2.45) is 5.92 Å². The standard InChI is InChI=1S/C9H12BrNO/c10-8-3-4-9(11-5-8)12-6-7-1-2-7/h3-5,7,9,11H,1-2,6H2. The molecular formula is C9H12BrNO. The maximum atomic E-state index is 5.59. The highest BCUT2D eigenvalue weighted by Gasteiger charge is 2.22. The van der Waals surface area contributed by atoms with Gasteiger partial charge in [-0.25, -0.2) is 0 Å². The zero-order valence-corrected chi connectivity index (χ0v) is 8.38. The second-order valence-corrected chi connectivity index (χ2v) is 4.17. The molecule has 0 aromatic rings. The zero-order chi connectivity index (χ0) is 8.39. The van der Waals surface area contributed by atoms with Crippen LogP contribution in [0.1, 0.15) is 12.8 Å². The van der Waals surface area contributed by atoms with Gasteiger partial charge in [0.25, 0.3) is 0 Å². The summed E-state index contributed by atoms with van der Waals surface area (Å²) in [4.78, 5) is 0. The molecule has 0 aromatic heterocycles. The van der Waals surface area contributed by atoms with Gasteiger partial charge in [-0.2, -0.15) is 0 Å². The number of dihydropyridines is 1. The fourth-order valence-corrected chi connectivity index (χ4v) is 1.36. The van der Waals surface area contributed by atoms with Crippen LogP contribution in [0, 0.1) is 5.92 Å². The number of hydrogen-bond acceptors (Lipinski definition) is 2. The summed E-state index contributed by atoms with van der Waals surface area (Å²) in [5.41, 5.74) is 0. The van der Waals surface area contributed by atoms with Gasteiger partial charge in [0.05, 0.1) is 6.61 Å². The van der Waals surface area contributed by atoms with Crippen LogP contribution in [-0.2, 0) is 4.74 Å². The van der Waals surface area contributed by atoms with E-state index < -0.39 is 0 Å². The van der Waals surface area contributed by atoms with Crippen LogP contribution in [0.4, 0.5) is 0 Å². The van der Waals surface area contributed by atoms with Gasteiger partial charge in [-0.3, -0.25) is 0 Å². The molecule has 0 bridgehead atoms. The first-order chi connectivity index (χ1) is 5.84. The normalized spacial score (nSPS) is 28.1. The quantitative estimate of drug-likeness (QED) is 0.801.